The number of carbonyl (C=O) groups excluding carboxylic acids is 1. The number of fused-ring (bicyclic) bond motifs is 2. The van der Waals surface area contributed by atoms with Crippen LogP contribution in [-0.2, 0) is 22.4 Å². The van der Waals surface area contributed by atoms with E-state index in [4.69, 9.17) is 4.74 Å². The van der Waals surface area contributed by atoms with Gasteiger partial charge in [0, 0.05) is 30.6 Å². The third kappa shape index (κ3) is 3.74. The summed E-state index contributed by atoms with van der Waals surface area (Å²) in [6, 6.07) is 4.46. The Morgan fingerprint density at radius 2 is 2.03 bits per heavy atom. The predicted octanol–water partition coefficient (Wildman–Crippen LogP) is 4.38. The van der Waals surface area contributed by atoms with Crippen molar-refractivity contribution in [1.29, 1.82) is 0 Å². The molecule has 0 saturated carbocycles. The summed E-state index contributed by atoms with van der Waals surface area (Å²) < 4.78 is 46.7. The van der Waals surface area contributed by atoms with E-state index >= 15 is 0 Å². The smallest absolute Gasteiger partial charge is 0.325 e. The van der Waals surface area contributed by atoms with Crippen LogP contribution in [0.5, 0.6) is 0 Å². The predicted molar refractivity (Wildman–Crippen MR) is 108 cm³/mol. The molecule has 9 heteroatoms. The Balaban J connectivity index is 1.65. The summed E-state index contributed by atoms with van der Waals surface area (Å²) in [5, 5.41) is 0.502. The average Bonchev–Trinajstić information content (AvgIpc) is 3.29. The summed E-state index contributed by atoms with van der Waals surface area (Å²) in [6.45, 7) is 4.63. The molecule has 0 N–H and O–H groups in total. The van der Waals surface area contributed by atoms with Gasteiger partial charge in [-0.3, -0.25) is 4.79 Å². The van der Waals surface area contributed by atoms with E-state index in [1.165, 1.54) is 0 Å². The van der Waals surface area contributed by atoms with Gasteiger partial charge >= 0.3 is 5.97 Å². The minimum atomic E-state index is -1.25. The second-order valence-corrected chi connectivity index (χ2v) is 8.18. The molecule has 0 fully saturated rings. The van der Waals surface area contributed by atoms with Crippen molar-refractivity contribution >= 4 is 33.3 Å². The van der Waals surface area contributed by atoms with Gasteiger partial charge in [-0.1, -0.05) is 13.0 Å². The van der Waals surface area contributed by atoms with Crippen molar-refractivity contribution in [3.8, 4) is 0 Å². The lowest BCUT2D eigenvalue weighted by Crippen LogP contribution is -2.31. The van der Waals surface area contributed by atoms with E-state index in [-0.39, 0.29) is 28.6 Å². The van der Waals surface area contributed by atoms with Crippen LogP contribution in [0.4, 0.5) is 19.0 Å². The first-order chi connectivity index (χ1) is 14.4. The van der Waals surface area contributed by atoms with Crippen LogP contribution in [0, 0.1) is 17.5 Å². The van der Waals surface area contributed by atoms with Crippen molar-refractivity contribution in [2.24, 2.45) is 0 Å². The Hall–Kier alpha value is -2.68. The fourth-order valence-corrected chi connectivity index (χ4v) is 4.77. The molecular formula is C21H20F3N3O2S. The van der Waals surface area contributed by atoms with Crippen LogP contribution in [0.15, 0.2) is 18.2 Å². The van der Waals surface area contributed by atoms with Crippen molar-refractivity contribution in [1.82, 2.24) is 9.97 Å². The molecule has 1 aliphatic heterocycles. The van der Waals surface area contributed by atoms with E-state index in [1.807, 2.05) is 24.0 Å². The minimum absolute atomic E-state index is 0.00459. The third-order valence-electron chi connectivity index (χ3n) is 5.11. The highest BCUT2D eigenvalue weighted by Gasteiger charge is 2.32. The number of ether oxygens (including phenoxy) is 1. The average molecular weight is 435 g/mol. The van der Waals surface area contributed by atoms with Gasteiger partial charge in [0.25, 0.3) is 0 Å². The summed E-state index contributed by atoms with van der Waals surface area (Å²) in [7, 11) is 0. The Bertz CT molecular complexity index is 1120. The van der Waals surface area contributed by atoms with Gasteiger partial charge in [-0.15, -0.1) is 11.3 Å². The van der Waals surface area contributed by atoms with E-state index in [9.17, 15) is 18.0 Å². The Morgan fingerprint density at radius 1 is 1.23 bits per heavy atom. The fourth-order valence-electron chi connectivity index (χ4n) is 3.72. The van der Waals surface area contributed by atoms with Gasteiger partial charge in [-0.05, 0) is 25.0 Å². The summed E-state index contributed by atoms with van der Waals surface area (Å²) >= 11 is 1.02. The first-order valence-electron chi connectivity index (χ1n) is 9.74. The molecule has 0 spiro atoms. The van der Waals surface area contributed by atoms with E-state index in [0.717, 1.165) is 34.8 Å². The summed E-state index contributed by atoms with van der Waals surface area (Å²) in [6.07, 6.45) is 1.16. The lowest BCUT2D eigenvalue weighted by atomic mass is 9.99. The quantitative estimate of drug-likeness (QED) is 0.425. The van der Waals surface area contributed by atoms with Crippen LogP contribution in [0.25, 0.3) is 10.2 Å². The zero-order valence-electron chi connectivity index (χ0n) is 16.5. The standard InChI is InChI=1S/C21H20F3N3O2S/c1-3-12-5-6-13-11(9-27(21(13)25-12)10-17(28)29-4-2)7-16-26-19-18(24)14(22)8-15(23)20(19)30-16/h5-6,8,11H,3-4,7,9-10H2,1-2H3. The summed E-state index contributed by atoms with van der Waals surface area (Å²) in [4.78, 5) is 22.7. The third-order valence-corrected chi connectivity index (χ3v) is 6.20. The second-order valence-electron chi connectivity index (χ2n) is 7.10. The number of aromatic nitrogens is 2. The number of hydrogen-bond donors (Lipinski definition) is 0. The molecule has 0 saturated heterocycles. The van der Waals surface area contributed by atoms with Crippen molar-refractivity contribution in [2.45, 2.75) is 32.6 Å². The molecule has 5 nitrogen and oxygen atoms in total. The normalized spacial score (nSPS) is 15.6. The molecule has 1 aliphatic rings. The molecule has 0 amide bonds. The first kappa shape index (κ1) is 20.6. The van der Waals surface area contributed by atoms with E-state index < -0.39 is 17.5 Å². The van der Waals surface area contributed by atoms with Gasteiger partial charge in [-0.25, -0.2) is 23.1 Å². The molecule has 0 radical (unpaired) electrons. The molecule has 1 aromatic carbocycles. The number of nitrogens with zero attached hydrogens (tertiary/aromatic N) is 3. The van der Waals surface area contributed by atoms with Crippen molar-refractivity contribution in [2.75, 3.05) is 24.6 Å². The molecule has 4 rings (SSSR count). The molecular weight excluding hydrogens is 415 g/mol. The molecule has 3 aromatic rings. The number of anilines is 1. The summed E-state index contributed by atoms with van der Waals surface area (Å²) in [5.41, 5.74) is 1.57. The topological polar surface area (TPSA) is 55.3 Å². The number of thiazole rings is 1. The number of hydrogen-bond acceptors (Lipinski definition) is 6. The molecule has 3 heterocycles. The van der Waals surface area contributed by atoms with Gasteiger partial charge in [0.05, 0.1) is 16.3 Å². The molecule has 158 valence electrons. The minimum Gasteiger partial charge on any atom is -0.465 e. The molecule has 2 aromatic heterocycles. The van der Waals surface area contributed by atoms with E-state index in [1.54, 1.807) is 6.92 Å². The van der Waals surface area contributed by atoms with E-state index in [0.29, 0.717) is 30.6 Å². The largest absolute Gasteiger partial charge is 0.465 e. The van der Waals surface area contributed by atoms with Crippen molar-refractivity contribution in [3.05, 3.63) is 51.9 Å². The highest BCUT2D eigenvalue weighted by atomic mass is 32.1. The van der Waals surface area contributed by atoms with Crippen LogP contribution in [0.3, 0.4) is 0 Å². The maximum atomic E-state index is 14.0. The number of carbonyl (C=O) groups is 1. The monoisotopic (exact) mass is 435 g/mol. The Labute approximate surface area is 175 Å². The van der Waals surface area contributed by atoms with Crippen LogP contribution >= 0.6 is 11.3 Å². The second kappa shape index (κ2) is 8.22. The van der Waals surface area contributed by atoms with Gasteiger partial charge in [0.1, 0.15) is 23.7 Å². The molecule has 1 atom stereocenters. The number of rotatable bonds is 6. The van der Waals surface area contributed by atoms with Crippen LogP contribution in [0.2, 0.25) is 0 Å². The number of halogens is 3. The van der Waals surface area contributed by atoms with Gasteiger partial charge < -0.3 is 9.64 Å². The molecule has 0 bridgehead atoms. The lowest BCUT2D eigenvalue weighted by Gasteiger charge is -2.18. The number of aryl methyl sites for hydroxylation is 1. The number of pyridine rings is 1. The maximum Gasteiger partial charge on any atom is 0.325 e. The number of esters is 1. The SMILES string of the molecule is CCOC(=O)CN1CC(Cc2nc3c(F)c(F)cc(F)c3s2)c2ccc(CC)nc21. The first-order valence-corrected chi connectivity index (χ1v) is 10.6. The van der Waals surface area contributed by atoms with Crippen LogP contribution < -0.4 is 4.90 Å². The lowest BCUT2D eigenvalue weighted by molar-refractivity contribution is -0.141. The van der Waals surface area contributed by atoms with Crippen molar-refractivity contribution in [3.63, 3.8) is 0 Å². The van der Waals surface area contributed by atoms with Gasteiger partial charge in [0.15, 0.2) is 11.6 Å². The highest BCUT2D eigenvalue weighted by molar-refractivity contribution is 7.18. The van der Waals surface area contributed by atoms with Gasteiger partial charge in [-0.2, -0.15) is 0 Å². The molecule has 30 heavy (non-hydrogen) atoms. The zero-order valence-corrected chi connectivity index (χ0v) is 17.4. The maximum absolute atomic E-state index is 14.0. The van der Waals surface area contributed by atoms with Crippen molar-refractivity contribution < 1.29 is 22.7 Å². The molecule has 1 unspecified atom stereocenters. The van der Waals surface area contributed by atoms with Gasteiger partial charge in [0.2, 0.25) is 0 Å². The summed E-state index contributed by atoms with van der Waals surface area (Å²) in [5.74, 6) is -2.90. The fraction of sp³-hybridized carbons (Fsp3) is 0.381. The number of benzene rings is 1. The zero-order chi connectivity index (χ0) is 21.4. The molecule has 0 aliphatic carbocycles. The van der Waals surface area contributed by atoms with Crippen LogP contribution in [-0.4, -0.2) is 35.6 Å². The highest BCUT2D eigenvalue weighted by Crippen LogP contribution is 2.39. The van der Waals surface area contributed by atoms with Crippen LogP contribution in [0.1, 0.15) is 36.0 Å². The van der Waals surface area contributed by atoms with E-state index in [2.05, 4.69) is 9.97 Å². The Kier molecular flexibility index (Phi) is 5.64. The Morgan fingerprint density at radius 3 is 2.77 bits per heavy atom.